The van der Waals surface area contributed by atoms with Gasteiger partial charge in [-0.3, -0.25) is 4.90 Å². The molecule has 29 heavy (non-hydrogen) atoms. The molecule has 2 aliphatic heterocycles. The first-order valence-corrected chi connectivity index (χ1v) is 10.8. The molecular weight excluding hydrogens is 360 g/mol. The van der Waals surface area contributed by atoms with E-state index in [1.807, 2.05) is 0 Å². The van der Waals surface area contributed by atoms with Crippen LogP contribution in [0.5, 0.6) is 0 Å². The SMILES string of the molecule is c1ccc2c(c1)Cc1cc(CN3CCc4nnc([C@@H]5CCCO5)n4CC3)ccc1-2. The van der Waals surface area contributed by atoms with Crippen molar-refractivity contribution in [2.45, 2.75) is 44.9 Å². The van der Waals surface area contributed by atoms with Crippen LogP contribution in [0.25, 0.3) is 11.1 Å². The van der Waals surface area contributed by atoms with Crippen molar-refractivity contribution in [1.82, 2.24) is 19.7 Å². The molecule has 1 atom stereocenters. The van der Waals surface area contributed by atoms with Gasteiger partial charge in [-0.15, -0.1) is 10.2 Å². The predicted octanol–water partition coefficient (Wildman–Crippen LogP) is 3.76. The first-order chi connectivity index (χ1) is 14.3. The minimum atomic E-state index is 0.140. The molecule has 1 aliphatic carbocycles. The number of rotatable bonds is 3. The van der Waals surface area contributed by atoms with E-state index >= 15 is 0 Å². The van der Waals surface area contributed by atoms with E-state index in [1.165, 1.54) is 27.8 Å². The minimum absolute atomic E-state index is 0.140. The van der Waals surface area contributed by atoms with Crippen LogP contribution >= 0.6 is 0 Å². The van der Waals surface area contributed by atoms with Crippen molar-refractivity contribution in [2.75, 3.05) is 19.7 Å². The lowest BCUT2D eigenvalue weighted by molar-refractivity contribution is 0.101. The Kier molecular flexibility index (Phi) is 4.24. The Bertz CT molecular complexity index is 1050. The highest BCUT2D eigenvalue weighted by Crippen LogP contribution is 2.37. The summed E-state index contributed by atoms with van der Waals surface area (Å²) in [6, 6.07) is 15.8. The van der Waals surface area contributed by atoms with Gasteiger partial charge in [0, 0.05) is 39.2 Å². The number of fused-ring (bicyclic) bond motifs is 4. The molecule has 5 heteroatoms. The number of benzene rings is 2. The Morgan fingerprint density at radius 2 is 1.90 bits per heavy atom. The predicted molar refractivity (Wildman–Crippen MR) is 112 cm³/mol. The summed E-state index contributed by atoms with van der Waals surface area (Å²) < 4.78 is 8.17. The maximum absolute atomic E-state index is 5.86. The van der Waals surface area contributed by atoms with Crippen LogP contribution in [0.1, 0.15) is 47.3 Å². The first-order valence-electron chi connectivity index (χ1n) is 10.8. The summed E-state index contributed by atoms with van der Waals surface area (Å²) >= 11 is 0. The second kappa shape index (κ2) is 7.08. The zero-order valence-corrected chi connectivity index (χ0v) is 16.7. The summed E-state index contributed by atoms with van der Waals surface area (Å²) in [5.74, 6) is 2.15. The van der Waals surface area contributed by atoms with Crippen LogP contribution in [-0.4, -0.2) is 39.4 Å². The molecule has 3 aromatic rings. The number of ether oxygens (including phenoxy) is 1. The van der Waals surface area contributed by atoms with Crippen LogP contribution < -0.4 is 0 Å². The molecule has 1 aromatic heterocycles. The second-order valence-electron chi connectivity index (χ2n) is 8.48. The van der Waals surface area contributed by atoms with Gasteiger partial charge in [-0.25, -0.2) is 0 Å². The molecule has 0 spiro atoms. The van der Waals surface area contributed by atoms with Crippen molar-refractivity contribution in [3.05, 3.63) is 70.8 Å². The van der Waals surface area contributed by atoms with Crippen LogP contribution in [0, 0.1) is 0 Å². The van der Waals surface area contributed by atoms with Gasteiger partial charge in [-0.1, -0.05) is 42.5 Å². The summed E-state index contributed by atoms with van der Waals surface area (Å²) in [5, 5.41) is 8.94. The van der Waals surface area contributed by atoms with Crippen molar-refractivity contribution in [3.63, 3.8) is 0 Å². The Hall–Kier alpha value is -2.50. The van der Waals surface area contributed by atoms with Crippen LogP contribution in [0.3, 0.4) is 0 Å². The van der Waals surface area contributed by atoms with Gasteiger partial charge in [0.05, 0.1) is 0 Å². The van der Waals surface area contributed by atoms with E-state index in [9.17, 15) is 0 Å². The fraction of sp³-hybridized carbons (Fsp3) is 0.417. The number of nitrogens with zero attached hydrogens (tertiary/aromatic N) is 4. The third-order valence-electron chi connectivity index (χ3n) is 6.63. The summed E-state index contributed by atoms with van der Waals surface area (Å²) in [6.07, 6.45) is 4.35. The average Bonchev–Trinajstić information content (AvgIpc) is 3.45. The van der Waals surface area contributed by atoms with Gasteiger partial charge >= 0.3 is 0 Å². The number of aromatic nitrogens is 3. The van der Waals surface area contributed by atoms with Gasteiger partial charge in [-0.2, -0.15) is 0 Å². The summed E-state index contributed by atoms with van der Waals surface area (Å²) in [5.41, 5.74) is 7.15. The highest BCUT2D eigenvalue weighted by Gasteiger charge is 2.27. The van der Waals surface area contributed by atoms with Crippen LogP contribution in [0.15, 0.2) is 42.5 Å². The van der Waals surface area contributed by atoms with Gasteiger partial charge in [0.25, 0.3) is 0 Å². The lowest BCUT2D eigenvalue weighted by Crippen LogP contribution is -2.27. The van der Waals surface area contributed by atoms with E-state index < -0.39 is 0 Å². The minimum Gasteiger partial charge on any atom is -0.370 e. The molecule has 5 nitrogen and oxygen atoms in total. The van der Waals surface area contributed by atoms with Crippen molar-refractivity contribution in [2.24, 2.45) is 0 Å². The zero-order chi connectivity index (χ0) is 19.2. The highest BCUT2D eigenvalue weighted by molar-refractivity contribution is 5.76. The van der Waals surface area contributed by atoms with Crippen LogP contribution in [0.4, 0.5) is 0 Å². The van der Waals surface area contributed by atoms with Gasteiger partial charge in [0.15, 0.2) is 5.82 Å². The fourth-order valence-electron chi connectivity index (χ4n) is 5.12. The van der Waals surface area contributed by atoms with Crippen molar-refractivity contribution >= 4 is 0 Å². The molecular formula is C24H26N4O. The molecule has 3 aliphatic rings. The lowest BCUT2D eigenvalue weighted by Gasteiger charge is -2.20. The average molecular weight is 386 g/mol. The summed E-state index contributed by atoms with van der Waals surface area (Å²) in [4.78, 5) is 2.55. The number of hydrogen-bond acceptors (Lipinski definition) is 4. The normalized spacial score (nSPS) is 20.9. The molecule has 3 heterocycles. The van der Waals surface area contributed by atoms with Gasteiger partial charge < -0.3 is 9.30 Å². The van der Waals surface area contributed by atoms with Crippen molar-refractivity contribution < 1.29 is 4.74 Å². The molecule has 0 bridgehead atoms. The molecule has 1 fully saturated rings. The Labute approximate surface area is 171 Å². The topological polar surface area (TPSA) is 43.2 Å². The zero-order valence-electron chi connectivity index (χ0n) is 16.7. The Balaban J connectivity index is 1.17. The van der Waals surface area contributed by atoms with Crippen LogP contribution in [-0.2, 0) is 30.7 Å². The molecule has 2 aromatic carbocycles. The third kappa shape index (κ3) is 3.09. The molecule has 0 N–H and O–H groups in total. The Morgan fingerprint density at radius 1 is 0.966 bits per heavy atom. The summed E-state index contributed by atoms with van der Waals surface area (Å²) in [7, 11) is 0. The van der Waals surface area contributed by atoms with Gasteiger partial charge in [-0.05, 0) is 47.1 Å². The molecule has 6 rings (SSSR count). The van der Waals surface area contributed by atoms with Crippen LogP contribution in [0.2, 0.25) is 0 Å². The van der Waals surface area contributed by atoms with E-state index in [4.69, 9.17) is 4.74 Å². The van der Waals surface area contributed by atoms with Gasteiger partial charge in [0.1, 0.15) is 11.9 Å². The highest BCUT2D eigenvalue weighted by atomic mass is 16.5. The molecule has 148 valence electrons. The van der Waals surface area contributed by atoms with E-state index in [2.05, 4.69) is 62.1 Å². The molecule has 1 saturated heterocycles. The van der Waals surface area contributed by atoms with Gasteiger partial charge in [0.2, 0.25) is 0 Å². The maximum Gasteiger partial charge on any atom is 0.162 e. The first kappa shape index (κ1) is 17.4. The van der Waals surface area contributed by atoms with Crippen molar-refractivity contribution in [1.29, 1.82) is 0 Å². The van der Waals surface area contributed by atoms with E-state index in [0.717, 1.165) is 70.1 Å². The summed E-state index contributed by atoms with van der Waals surface area (Å²) in [6.45, 7) is 4.86. The molecule has 0 radical (unpaired) electrons. The van der Waals surface area contributed by atoms with E-state index in [0.29, 0.717) is 0 Å². The standard InChI is InChI=1S/C24H26N4O/c1-2-5-20-18(4-1)15-19-14-17(7-8-21(19)20)16-27-10-9-23-25-26-24(28(23)12-11-27)22-6-3-13-29-22/h1-2,4-5,7-8,14,22H,3,6,9-13,15-16H2/t22-/m0/s1. The van der Waals surface area contributed by atoms with Crippen molar-refractivity contribution in [3.8, 4) is 11.1 Å². The quantitative estimate of drug-likeness (QED) is 0.538. The Morgan fingerprint density at radius 3 is 2.83 bits per heavy atom. The molecule has 0 saturated carbocycles. The number of hydrogen-bond donors (Lipinski definition) is 0. The monoisotopic (exact) mass is 386 g/mol. The van der Waals surface area contributed by atoms with E-state index in [1.54, 1.807) is 0 Å². The molecule has 0 unspecified atom stereocenters. The smallest absolute Gasteiger partial charge is 0.162 e. The lowest BCUT2D eigenvalue weighted by atomic mass is 10.0. The fourth-order valence-corrected chi connectivity index (χ4v) is 5.12. The largest absolute Gasteiger partial charge is 0.370 e. The third-order valence-corrected chi connectivity index (χ3v) is 6.63. The molecule has 0 amide bonds. The van der Waals surface area contributed by atoms with E-state index in [-0.39, 0.29) is 6.10 Å². The maximum atomic E-state index is 5.86. The second-order valence-corrected chi connectivity index (χ2v) is 8.48.